The molecule has 20 heavy (non-hydrogen) atoms. The molecule has 1 aliphatic rings. The quantitative estimate of drug-likeness (QED) is 0.848. The maximum Gasteiger partial charge on any atom is 0.252 e. The SMILES string of the molecule is CC(O)CNC(=O)c1cnc(OC2CCOC2)c(Cl)c1. The zero-order valence-electron chi connectivity index (χ0n) is 11.1. The Morgan fingerprint density at radius 1 is 1.75 bits per heavy atom. The van der Waals surface area contributed by atoms with Crippen molar-refractivity contribution in [1.82, 2.24) is 10.3 Å². The van der Waals surface area contributed by atoms with Crippen molar-refractivity contribution < 1.29 is 19.4 Å². The van der Waals surface area contributed by atoms with Crippen LogP contribution in [-0.2, 0) is 4.74 Å². The first-order valence-corrected chi connectivity index (χ1v) is 6.80. The van der Waals surface area contributed by atoms with Crippen molar-refractivity contribution in [3.05, 3.63) is 22.8 Å². The summed E-state index contributed by atoms with van der Waals surface area (Å²) in [7, 11) is 0. The minimum atomic E-state index is -0.604. The highest BCUT2D eigenvalue weighted by atomic mass is 35.5. The number of hydrogen-bond donors (Lipinski definition) is 2. The normalized spacial score (nSPS) is 19.6. The molecule has 2 rings (SSSR count). The molecule has 0 saturated carbocycles. The molecule has 6 nitrogen and oxygen atoms in total. The molecule has 1 saturated heterocycles. The van der Waals surface area contributed by atoms with Gasteiger partial charge in [-0.3, -0.25) is 4.79 Å². The van der Waals surface area contributed by atoms with Gasteiger partial charge in [-0.25, -0.2) is 4.98 Å². The Kier molecular flexibility index (Phi) is 5.17. The van der Waals surface area contributed by atoms with Crippen LogP contribution in [0.3, 0.4) is 0 Å². The van der Waals surface area contributed by atoms with Crippen LogP contribution in [0.5, 0.6) is 5.88 Å². The Morgan fingerprint density at radius 2 is 2.55 bits per heavy atom. The molecule has 7 heteroatoms. The number of nitrogens with one attached hydrogen (secondary N) is 1. The van der Waals surface area contributed by atoms with Crippen LogP contribution >= 0.6 is 11.6 Å². The van der Waals surface area contributed by atoms with Crippen molar-refractivity contribution in [3.63, 3.8) is 0 Å². The molecular formula is C13H17ClN2O4. The lowest BCUT2D eigenvalue weighted by Crippen LogP contribution is -2.30. The van der Waals surface area contributed by atoms with E-state index >= 15 is 0 Å². The van der Waals surface area contributed by atoms with Crippen molar-refractivity contribution in [2.75, 3.05) is 19.8 Å². The number of aliphatic hydroxyl groups is 1. The average molecular weight is 301 g/mol. The van der Waals surface area contributed by atoms with Crippen molar-refractivity contribution >= 4 is 17.5 Å². The number of halogens is 1. The van der Waals surface area contributed by atoms with E-state index in [4.69, 9.17) is 26.2 Å². The smallest absolute Gasteiger partial charge is 0.252 e. The highest BCUT2D eigenvalue weighted by molar-refractivity contribution is 6.32. The van der Waals surface area contributed by atoms with Gasteiger partial charge < -0.3 is 19.9 Å². The molecule has 0 aliphatic carbocycles. The Hall–Kier alpha value is -1.37. The predicted octanol–water partition coefficient (Wildman–Crippen LogP) is 1.01. The van der Waals surface area contributed by atoms with Gasteiger partial charge in [0.1, 0.15) is 11.1 Å². The second kappa shape index (κ2) is 6.88. The van der Waals surface area contributed by atoms with Crippen LogP contribution in [0, 0.1) is 0 Å². The van der Waals surface area contributed by atoms with Gasteiger partial charge in [-0.05, 0) is 13.0 Å². The van der Waals surface area contributed by atoms with Gasteiger partial charge in [0.25, 0.3) is 5.91 Å². The number of hydrogen-bond acceptors (Lipinski definition) is 5. The van der Waals surface area contributed by atoms with Gasteiger partial charge in [-0.2, -0.15) is 0 Å². The average Bonchev–Trinajstić information content (AvgIpc) is 2.91. The van der Waals surface area contributed by atoms with Gasteiger partial charge in [-0.1, -0.05) is 11.6 Å². The van der Waals surface area contributed by atoms with Crippen LogP contribution in [0.4, 0.5) is 0 Å². The summed E-state index contributed by atoms with van der Waals surface area (Å²) in [5.74, 6) is -0.0368. The highest BCUT2D eigenvalue weighted by Gasteiger charge is 2.20. The molecule has 1 fully saturated rings. The molecule has 1 aromatic rings. The summed E-state index contributed by atoms with van der Waals surface area (Å²) in [5.41, 5.74) is 0.325. The molecule has 0 bridgehead atoms. The third kappa shape index (κ3) is 4.06. The van der Waals surface area contributed by atoms with Gasteiger partial charge in [0.15, 0.2) is 0 Å². The third-order valence-corrected chi connectivity index (χ3v) is 3.06. The number of pyridine rings is 1. The Balaban J connectivity index is 1.99. The molecule has 0 spiro atoms. The molecule has 110 valence electrons. The maximum absolute atomic E-state index is 11.8. The number of carbonyl (C=O) groups is 1. The highest BCUT2D eigenvalue weighted by Crippen LogP contribution is 2.25. The topological polar surface area (TPSA) is 80.7 Å². The molecule has 2 N–H and O–H groups in total. The zero-order chi connectivity index (χ0) is 14.5. The summed E-state index contributed by atoms with van der Waals surface area (Å²) >= 11 is 6.06. The maximum atomic E-state index is 11.8. The summed E-state index contributed by atoms with van der Waals surface area (Å²) in [6.07, 6.45) is 1.55. The number of rotatable bonds is 5. The third-order valence-electron chi connectivity index (χ3n) is 2.79. The Morgan fingerprint density at radius 3 is 3.15 bits per heavy atom. The van der Waals surface area contributed by atoms with Crippen LogP contribution in [0.25, 0.3) is 0 Å². The van der Waals surface area contributed by atoms with E-state index in [9.17, 15) is 4.79 Å². The van der Waals surface area contributed by atoms with E-state index < -0.39 is 6.10 Å². The standard InChI is InChI=1S/C13H17ClN2O4/c1-8(17)5-15-12(18)9-4-11(14)13(16-6-9)20-10-2-3-19-7-10/h4,6,8,10,17H,2-3,5,7H2,1H3,(H,15,18). The molecule has 0 radical (unpaired) electrons. The molecule has 0 aromatic carbocycles. The predicted molar refractivity (Wildman–Crippen MR) is 73.1 cm³/mol. The number of ether oxygens (including phenoxy) is 2. The Labute approximate surface area is 122 Å². The number of carbonyl (C=O) groups excluding carboxylic acids is 1. The fourth-order valence-corrected chi connectivity index (χ4v) is 1.95. The molecule has 1 aliphatic heterocycles. The Bertz CT molecular complexity index is 475. The van der Waals surface area contributed by atoms with Crippen LogP contribution in [-0.4, -0.2) is 48.0 Å². The first-order chi connectivity index (χ1) is 9.56. The molecular weight excluding hydrogens is 284 g/mol. The van der Waals surface area contributed by atoms with Crippen LogP contribution < -0.4 is 10.1 Å². The number of aromatic nitrogens is 1. The van der Waals surface area contributed by atoms with E-state index in [0.29, 0.717) is 24.7 Å². The number of aliphatic hydroxyl groups excluding tert-OH is 1. The second-order valence-electron chi connectivity index (χ2n) is 4.67. The first-order valence-electron chi connectivity index (χ1n) is 6.42. The largest absolute Gasteiger partial charge is 0.471 e. The van der Waals surface area contributed by atoms with E-state index in [-0.39, 0.29) is 23.6 Å². The van der Waals surface area contributed by atoms with Crippen LogP contribution in [0.15, 0.2) is 12.3 Å². The summed E-state index contributed by atoms with van der Waals surface area (Å²) in [6.45, 7) is 2.96. The van der Waals surface area contributed by atoms with Crippen molar-refractivity contribution in [2.24, 2.45) is 0 Å². The first kappa shape index (κ1) is 15.0. The van der Waals surface area contributed by atoms with Crippen LogP contribution in [0.2, 0.25) is 5.02 Å². The molecule has 1 aromatic heterocycles. The monoisotopic (exact) mass is 300 g/mol. The molecule has 2 atom stereocenters. The van der Waals surface area contributed by atoms with Crippen molar-refractivity contribution in [2.45, 2.75) is 25.6 Å². The molecule has 1 amide bonds. The van der Waals surface area contributed by atoms with Gasteiger partial charge in [-0.15, -0.1) is 0 Å². The minimum absolute atomic E-state index is 0.0464. The zero-order valence-corrected chi connectivity index (χ0v) is 11.9. The van der Waals surface area contributed by atoms with Crippen molar-refractivity contribution in [3.8, 4) is 5.88 Å². The van der Waals surface area contributed by atoms with E-state index in [0.717, 1.165) is 6.42 Å². The summed E-state index contributed by atoms with van der Waals surface area (Å²) in [4.78, 5) is 15.8. The van der Waals surface area contributed by atoms with E-state index in [1.807, 2.05) is 0 Å². The van der Waals surface area contributed by atoms with E-state index in [2.05, 4.69) is 10.3 Å². The van der Waals surface area contributed by atoms with Crippen molar-refractivity contribution in [1.29, 1.82) is 0 Å². The minimum Gasteiger partial charge on any atom is -0.471 e. The van der Waals surface area contributed by atoms with E-state index in [1.165, 1.54) is 12.3 Å². The summed E-state index contributed by atoms with van der Waals surface area (Å²) in [6, 6.07) is 1.50. The second-order valence-corrected chi connectivity index (χ2v) is 5.08. The molecule has 2 unspecified atom stereocenters. The lowest BCUT2D eigenvalue weighted by Gasteiger charge is -2.13. The van der Waals surface area contributed by atoms with Crippen LogP contribution in [0.1, 0.15) is 23.7 Å². The van der Waals surface area contributed by atoms with Gasteiger partial charge in [0.2, 0.25) is 5.88 Å². The lowest BCUT2D eigenvalue weighted by atomic mass is 10.2. The fourth-order valence-electron chi connectivity index (χ4n) is 1.74. The lowest BCUT2D eigenvalue weighted by molar-refractivity contribution is 0.0923. The summed E-state index contributed by atoms with van der Waals surface area (Å²) in [5, 5.41) is 12.0. The van der Waals surface area contributed by atoms with E-state index in [1.54, 1.807) is 6.92 Å². The molecule has 2 heterocycles. The fraction of sp³-hybridized carbons (Fsp3) is 0.538. The number of amides is 1. The van der Waals surface area contributed by atoms with Gasteiger partial charge in [0, 0.05) is 19.2 Å². The van der Waals surface area contributed by atoms with Gasteiger partial charge >= 0.3 is 0 Å². The van der Waals surface area contributed by atoms with Gasteiger partial charge in [0.05, 0.1) is 24.9 Å². The number of nitrogens with zero attached hydrogens (tertiary/aromatic N) is 1. The summed E-state index contributed by atoms with van der Waals surface area (Å²) < 4.78 is 10.8.